The second kappa shape index (κ2) is 8.67. The van der Waals surface area contributed by atoms with E-state index in [2.05, 4.69) is 17.6 Å². The van der Waals surface area contributed by atoms with Gasteiger partial charge in [-0.15, -0.1) is 0 Å². The van der Waals surface area contributed by atoms with Gasteiger partial charge in [-0.1, -0.05) is 37.3 Å². The monoisotopic (exact) mass is 338 g/mol. The predicted molar refractivity (Wildman–Crippen MR) is 101 cm³/mol. The third-order valence-electron chi connectivity index (χ3n) is 4.78. The average molecular weight is 338 g/mol. The van der Waals surface area contributed by atoms with Crippen LogP contribution in [0.3, 0.4) is 0 Å². The zero-order valence-electron chi connectivity index (χ0n) is 14.7. The summed E-state index contributed by atoms with van der Waals surface area (Å²) in [5.41, 5.74) is 0.713. The smallest absolute Gasteiger partial charge is 0.224 e. The molecule has 1 heterocycles. The molecule has 2 aromatic carbocycles. The van der Waals surface area contributed by atoms with Gasteiger partial charge in [0.25, 0.3) is 0 Å². The van der Waals surface area contributed by atoms with Crippen molar-refractivity contribution in [3.05, 3.63) is 54.6 Å². The molecule has 2 unspecified atom stereocenters. The number of carbonyl (C=O) groups is 1. The number of nitrogens with one attached hydrogen (secondary N) is 2. The van der Waals surface area contributed by atoms with E-state index in [4.69, 9.17) is 4.74 Å². The zero-order valence-corrected chi connectivity index (χ0v) is 14.7. The summed E-state index contributed by atoms with van der Waals surface area (Å²) in [6, 6.07) is 17.2. The number of anilines is 1. The minimum Gasteiger partial charge on any atom is -0.455 e. The Hall–Kier alpha value is -2.33. The third-order valence-corrected chi connectivity index (χ3v) is 4.78. The Bertz CT molecular complexity index is 681. The van der Waals surface area contributed by atoms with Crippen molar-refractivity contribution in [2.45, 2.75) is 26.2 Å². The molecular formula is C21H26N2O2. The molecule has 0 saturated carbocycles. The predicted octanol–water partition coefficient (Wildman–Crippen LogP) is 4.44. The molecule has 2 aromatic rings. The van der Waals surface area contributed by atoms with Crippen molar-refractivity contribution in [2.75, 3.05) is 18.4 Å². The van der Waals surface area contributed by atoms with Crippen LogP contribution in [0.4, 0.5) is 5.69 Å². The number of piperidine rings is 1. The fourth-order valence-electron chi connectivity index (χ4n) is 3.30. The molecule has 0 aliphatic carbocycles. The number of hydrogen-bond donors (Lipinski definition) is 2. The molecule has 0 radical (unpaired) electrons. The van der Waals surface area contributed by atoms with Gasteiger partial charge >= 0.3 is 0 Å². The van der Waals surface area contributed by atoms with Crippen molar-refractivity contribution in [2.24, 2.45) is 11.8 Å². The van der Waals surface area contributed by atoms with E-state index >= 15 is 0 Å². The Kier molecular flexibility index (Phi) is 6.07. The van der Waals surface area contributed by atoms with E-state index in [9.17, 15) is 4.79 Å². The summed E-state index contributed by atoms with van der Waals surface area (Å²) in [6.45, 7) is 4.28. The van der Waals surface area contributed by atoms with Gasteiger partial charge in [-0.25, -0.2) is 0 Å². The van der Waals surface area contributed by atoms with E-state index in [0.29, 0.717) is 29.7 Å². The molecule has 0 bridgehead atoms. The lowest BCUT2D eigenvalue weighted by atomic mass is 9.85. The SMILES string of the molecule is CC(CC(=O)Nc1ccccc1Oc1ccccc1)C1CCCNC1. The fourth-order valence-corrected chi connectivity index (χ4v) is 3.30. The summed E-state index contributed by atoms with van der Waals surface area (Å²) in [6.07, 6.45) is 2.94. The van der Waals surface area contributed by atoms with Crippen molar-refractivity contribution in [3.8, 4) is 11.5 Å². The molecule has 0 spiro atoms. The minimum atomic E-state index is 0.0437. The highest BCUT2D eigenvalue weighted by Gasteiger charge is 2.22. The molecule has 1 aliphatic rings. The summed E-state index contributed by atoms with van der Waals surface area (Å²) in [4.78, 5) is 12.5. The van der Waals surface area contributed by atoms with E-state index in [1.165, 1.54) is 12.8 Å². The topological polar surface area (TPSA) is 50.4 Å². The van der Waals surface area contributed by atoms with Gasteiger partial charge in [0.1, 0.15) is 5.75 Å². The Morgan fingerprint density at radius 2 is 1.96 bits per heavy atom. The van der Waals surface area contributed by atoms with Crippen molar-refractivity contribution >= 4 is 11.6 Å². The standard InChI is InChI=1S/C21H26N2O2/c1-16(17-8-7-13-22-15-17)14-21(24)23-19-11-5-6-12-20(19)25-18-9-3-2-4-10-18/h2-6,9-12,16-17,22H,7-8,13-15H2,1H3,(H,23,24). The number of rotatable bonds is 6. The van der Waals surface area contributed by atoms with E-state index in [1.807, 2.05) is 54.6 Å². The van der Waals surface area contributed by atoms with Crippen LogP contribution >= 0.6 is 0 Å². The number of benzene rings is 2. The number of hydrogen-bond acceptors (Lipinski definition) is 3. The second-order valence-electron chi connectivity index (χ2n) is 6.75. The van der Waals surface area contributed by atoms with E-state index < -0.39 is 0 Å². The first-order valence-electron chi connectivity index (χ1n) is 9.05. The highest BCUT2D eigenvalue weighted by Crippen LogP contribution is 2.30. The van der Waals surface area contributed by atoms with Gasteiger partial charge in [0, 0.05) is 6.42 Å². The van der Waals surface area contributed by atoms with Crippen LogP contribution < -0.4 is 15.4 Å². The molecule has 1 saturated heterocycles. The molecule has 4 nitrogen and oxygen atoms in total. The first kappa shape index (κ1) is 17.5. The number of amides is 1. The van der Waals surface area contributed by atoms with Crippen molar-refractivity contribution in [3.63, 3.8) is 0 Å². The quantitative estimate of drug-likeness (QED) is 0.818. The Morgan fingerprint density at radius 1 is 1.20 bits per heavy atom. The van der Waals surface area contributed by atoms with E-state index in [1.54, 1.807) is 0 Å². The van der Waals surface area contributed by atoms with Gasteiger partial charge in [-0.3, -0.25) is 4.79 Å². The minimum absolute atomic E-state index is 0.0437. The average Bonchev–Trinajstić information content (AvgIpc) is 2.65. The summed E-state index contributed by atoms with van der Waals surface area (Å²) in [5.74, 6) is 2.41. The van der Waals surface area contributed by atoms with Crippen LogP contribution in [0.2, 0.25) is 0 Å². The largest absolute Gasteiger partial charge is 0.455 e. The molecule has 1 amide bonds. The van der Waals surface area contributed by atoms with Crippen molar-refractivity contribution in [1.82, 2.24) is 5.32 Å². The molecule has 4 heteroatoms. The highest BCUT2D eigenvalue weighted by atomic mass is 16.5. The van der Waals surface area contributed by atoms with Crippen LogP contribution in [-0.2, 0) is 4.79 Å². The van der Waals surface area contributed by atoms with Gasteiger partial charge in [0.05, 0.1) is 5.69 Å². The Balaban J connectivity index is 1.61. The summed E-state index contributed by atoms with van der Waals surface area (Å²) >= 11 is 0. The fraction of sp³-hybridized carbons (Fsp3) is 0.381. The molecule has 132 valence electrons. The third kappa shape index (κ3) is 5.07. The van der Waals surface area contributed by atoms with Crippen LogP contribution in [0.1, 0.15) is 26.2 Å². The van der Waals surface area contributed by atoms with Crippen LogP contribution in [0, 0.1) is 11.8 Å². The lowest BCUT2D eigenvalue weighted by Gasteiger charge is -2.28. The molecule has 3 rings (SSSR count). The maximum Gasteiger partial charge on any atom is 0.224 e. The normalized spacial score (nSPS) is 18.4. The first-order chi connectivity index (χ1) is 12.2. The lowest BCUT2D eigenvalue weighted by molar-refractivity contribution is -0.117. The molecule has 25 heavy (non-hydrogen) atoms. The van der Waals surface area contributed by atoms with Crippen LogP contribution in [0.25, 0.3) is 0 Å². The summed E-state index contributed by atoms with van der Waals surface area (Å²) < 4.78 is 5.91. The maximum absolute atomic E-state index is 12.5. The molecule has 2 N–H and O–H groups in total. The van der Waals surface area contributed by atoms with E-state index in [0.717, 1.165) is 18.8 Å². The zero-order chi connectivity index (χ0) is 17.5. The van der Waals surface area contributed by atoms with Gasteiger partial charge in [0.2, 0.25) is 5.91 Å². The van der Waals surface area contributed by atoms with Gasteiger partial charge in [-0.05, 0) is 62.0 Å². The summed E-state index contributed by atoms with van der Waals surface area (Å²) in [7, 11) is 0. The first-order valence-corrected chi connectivity index (χ1v) is 9.05. The van der Waals surface area contributed by atoms with Crippen LogP contribution in [-0.4, -0.2) is 19.0 Å². The number of para-hydroxylation sites is 3. The number of ether oxygens (including phenoxy) is 1. The van der Waals surface area contributed by atoms with Gasteiger partial charge in [0.15, 0.2) is 5.75 Å². The summed E-state index contributed by atoms with van der Waals surface area (Å²) in [5, 5.41) is 6.44. The Morgan fingerprint density at radius 3 is 2.72 bits per heavy atom. The van der Waals surface area contributed by atoms with Crippen molar-refractivity contribution < 1.29 is 9.53 Å². The highest BCUT2D eigenvalue weighted by molar-refractivity contribution is 5.92. The number of carbonyl (C=O) groups excluding carboxylic acids is 1. The van der Waals surface area contributed by atoms with Gasteiger partial charge < -0.3 is 15.4 Å². The maximum atomic E-state index is 12.5. The van der Waals surface area contributed by atoms with Crippen LogP contribution in [0.5, 0.6) is 11.5 Å². The molecule has 1 aliphatic heterocycles. The van der Waals surface area contributed by atoms with E-state index in [-0.39, 0.29) is 5.91 Å². The van der Waals surface area contributed by atoms with Crippen LogP contribution in [0.15, 0.2) is 54.6 Å². The second-order valence-corrected chi connectivity index (χ2v) is 6.75. The van der Waals surface area contributed by atoms with Crippen molar-refractivity contribution in [1.29, 1.82) is 0 Å². The van der Waals surface area contributed by atoms with Gasteiger partial charge in [-0.2, -0.15) is 0 Å². The lowest BCUT2D eigenvalue weighted by Crippen LogP contribution is -2.34. The molecule has 2 atom stereocenters. The molecular weight excluding hydrogens is 312 g/mol. The Labute approximate surface area is 149 Å². The molecule has 1 fully saturated rings. The molecule has 0 aromatic heterocycles.